The van der Waals surface area contributed by atoms with Gasteiger partial charge in [0.2, 0.25) is 0 Å². The Morgan fingerprint density at radius 3 is 2.09 bits per heavy atom. The number of fused-ring (bicyclic) bond motifs is 2. The lowest BCUT2D eigenvalue weighted by atomic mass is 9.86. The van der Waals surface area contributed by atoms with E-state index in [0.29, 0.717) is 36.2 Å². The largest absolute Gasteiger partial charge is 0.362 e. The van der Waals surface area contributed by atoms with Gasteiger partial charge in [0.1, 0.15) is 17.2 Å². The molecule has 0 aliphatic carbocycles. The highest BCUT2D eigenvalue weighted by Gasteiger charge is 2.38. The molecule has 0 unspecified atom stereocenters. The Hall–Kier alpha value is -3.57. The third-order valence-corrected chi connectivity index (χ3v) is 6.43. The molecule has 2 aromatic rings. The van der Waals surface area contributed by atoms with Gasteiger partial charge in [-0.1, -0.05) is 0 Å². The molecule has 4 heterocycles. The maximum absolute atomic E-state index is 13.5. The van der Waals surface area contributed by atoms with Crippen molar-refractivity contribution in [2.75, 3.05) is 35.8 Å². The summed E-state index contributed by atoms with van der Waals surface area (Å²) in [6.07, 6.45) is 1.82. The standard InChI is InChI=1S/C21H30N8O4/c1-20(2,28-16(30)12-14(24-11-23-12)26(6)18(28)32)10-21(3,4)29-17(31)13-15(27(7)19(29)33)22-8-9-25(13)5/h8,23-24H,9-11H2,1-7H3. The van der Waals surface area contributed by atoms with Crippen molar-refractivity contribution in [1.29, 1.82) is 0 Å². The number of rotatable bonds is 4. The molecule has 178 valence electrons. The minimum absolute atomic E-state index is 0.169. The molecule has 4 rings (SSSR count). The van der Waals surface area contributed by atoms with E-state index in [9.17, 15) is 19.2 Å². The molecule has 0 fully saturated rings. The van der Waals surface area contributed by atoms with E-state index in [1.54, 1.807) is 60.0 Å². The number of nitrogens with zero attached hydrogens (tertiary/aromatic N) is 6. The summed E-state index contributed by atoms with van der Waals surface area (Å²) in [5.74, 6) is 0.757. The van der Waals surface area contributed by atoms with Crippen LogP contribution in [-0.2, 0) is 25.2 Å². The molecule has 33 heavy (non-hydrogen) atoms. The lowest BCUT2D eigenvalue weighted by Gasteiger charge is -2.37. The van der Waals surface area contributed by atoms with E-state index in [1.807, 2.05) is 0 Å². The van der Waals surface area contributed by atoms with E-state index in [4.69, 9.17) is 0 Å². The van der Waals surface area contributed by atoms with Crippen molar-refractivity contribution in [3.8, 4) is 0 Å². The molecule has 0 saturated heterocycles. The molecule has 0 bridgehead atoms. The van der Waals surface area contributed by atoms with Crippen molar-refractivity contribution in [2.24, 2.45) is 19.1 Å². The molecule has 0 radical (unpaired) electrons. The summed E-state index contributed by atoms with van der Waals surface area (Å²) in [4.78, 5) is 59.1. The number of aliphatic imine (C=N–C) groups is 1. The van der Waals surface area contributed by atoms with Gasteiger partial charge in [0, 0.05) is 38.4 Å². The van der Waals surface area contributed by atoms with Crippen LogP contribution in [0, 0.1) is 0 Å². The number of hydrogen-bond donors (Lipinski definition) is 2. The number of hydrogen-bond acceptors (Lipinski definition) is 8. The van der Waals surface area contributed by atoms with E-state index in [0.717, 1.165) is 0 Å². The second-order valence-electron chi connectivity index (χ2n) is 9.88. The second kappa shape index (κ2) is 7.22. The first kappa shape index (κ1) is 22.6. The zero-order valence-electron chi connectivity index (χ0n) is 20.0. The zero-order valence-corrected chi connectivity index (χ0v) is 20.0. The van der Waals surface area contributed by atoms with E-state index < -0.39 is 33.6 Å². The third-order valence-electron chi connectivity index (χ3n) is 6.43. The average Bonchev–Trinajstić information content (AvgIpc) is 3.19. The van der Waals surface area contributed by atoms with E-state index in [1.165, 1.54) is 18.3 Å². The van der Waals surface area contributed by atoms with Crippen LogP contribution >= 0.6 is 0 Å². The van der Waals surface area contributed by atoms with Crippen molar-refractivity contribution in [3.63, 3.8) is 0 Å². The number of anilines is 3. The fraction of sp³-hybridized carbons (Fsp3) is 0.571. The van der Waals surface area contributed by atoms with E-state index in [-0.39, 0.29) is 6.42 Å². The maximum atomic E-state index is 13.5. The molecule has 0 aromatic carbocycles. The minimum Gasteiger partial charge on any atom is -0.362 e. The topological polar surface area (TPSA) is 128 Å². The normalized spacial score (nSPS) is 15.2. The van der Waals surface area contributed by atoms with E-state index >= 15 is 0 Å². The van der Waals surface area contributed by atoms with Gasteiger partial charge in [-0.2, -0.15) is 0 Å². The molecule has 12 nitrogen and oxygen atoms in total. The zero-order chi connectivity index (χ0) is 24.5. The fourth-order valence-corrected chi connectivity index (χ4v) is 5.09. The second-order valence-corrected chi connectivity index (χ2v) is 9.88. The summed E-state index contributed by atoms with van der Waals surface area (Å²) in [7, 11) is 4.94. The Kier molecular flexibility index (Phi) is 4.95. The van der Waals surface area contributed by atoms with Gasteiger partial charge in [0.25, 0.3) is 11.1 Å². The summed E-state index contributed by atoms with van der Waals surface area (Å²) in [5.41, 5.74) is -3.26. The highest BCUT2D eigenvalue weighted by atomic mass is 16.2. The summed E-state index contributed by atoms with van der Waals surface area (Å²) in [6.45, 7) is 7.85. The van der Waals surface area contributed by atoms with Gasteiger partial charge in [0.05, 0.1) is 13.2 Å². The van der Waals surface area contributed by atoms with Crippen LogP contribution in [0.2, 0.25) is 0 Å². The van der Waals surface area contributed by atoms with Crippen LogP contribution in [0.25, 0.3) is 0 Å². The van der Waals surface area contributed by atoms with Gasteiger partial charge >= 0.3 is 11.4 Å². The van der Waals surface area contributed by atoms with Crippen molar-refractivity contribution in [1.82, 2.24) is 18.3 Å². The van der Waals surface area contributed by atoms with Gasteiger partial charge in [-0.25, -0.2) is 14.6 Å². The van der Waals surface area contributed by atoms with Crippen LogP contribution in [0.15, 0.2) is 24.2 Å². The monoisotopic (exact) mass is 458 g/mol. The molecule has 2 N–H and O–H groups in total. The first-order valence-corrected chi connectivity index (χ1v) is 10.7. The molecule has 2 aliphatic heterocycles. The van der Waals surface area contributed by atoms with Crippen LogP contribution < -0.4 is 38.0 Å². The molecule has 0 spiro atoms. The van der Waals surface area contributed by atoms with Crippen LogP contribution in [0.5, 0.6) is 0 Å². The fourth-order valence-electron chi connectivity index (χ4n) is 5.09. The van der Waals surface area contributed by atoms with Crippen molar-refractivity contribution in [3.05, 3.63) is 41.7 Å². The quantitative estimate of drug-likeness (QED) is 0.656. The lowest BCUT2D eigenvalue weighted by Crippen LogP contribution is -2.55. The highest BCUT2D eigenvalue weighted by molar-refractivity contribution is 5.79. The average molecular weight is 459 g/mol. The van der Waals surface area contributed by atoms with Crippen LogP contribution in [0.3, 0.4) is 0 Å². The molecule has 0 amide bonds. The van der Waals surface area contributed by atoms with Crippen molar-refractivity contribution < 1.29 is 0 Å². The Morgan fingerprint density at radius 2 is 1.45 bits per heavy atom. The molecule has 2 aromatic heterocycles. The molecule has 2 aliphatic rings. The first-order chi connectivity index (χ1) is 15.3. The van der Waals surface area contributed by atoms with Gasteiger partial charge in [-0.15, -0.1) is 0 Å². The summed E-state index contributed by atoms with van der Waals surface area (Å²) in [6, 6.07) is 0. The summed E-state index contributed by atoms with van der Waals surface area (Å²) in [5, 5.41) is 5.97. The third kappa shape index (κ3) is 3.23. The van der Waals surface area contributed by atoms with Gasteiger partial charge in [-0.05, 0) is 34.1 Å². The number of aromatic nitrogens is 4. The van der Waals surface area contributed by atoms with E-state index in [2.05, 4.69) is 15.6 Å². The molecular weight excluding hydrogens is 428 g/mol. The number of nitrogens with one attached hydrogen (secondary N) is 2. The molecule has 0 atom stereocenters. The molecule has 0 saturated carbocycles. The first-order valence-electron chi connectivity index (χ1n) is 10.7. The molecular formula is C21H30N8O4. The van der Waals surface area contributed by atoms with Gasteiger partial charge < -0.3 is 15.5 Å². The van der Waals surface area contributed by atoms with Crippen LogP contribution in [0.4, 0.5) is 23.0 Å². The smallest absolute Gasteiger partial charge is 0.332 e. The predicted molar refractivity (Wildman–Crippen MR) is 129 cm³/mol. The van der Waals surface area contributed by atoms with Crippen molar-refractivity contribution in [2.45, 2.75) is 45.2 Å². The minimum atomic E-state index is -1.03. The van der Waals surface area contributed by atoms with Gasteiger partial charge in [0.15, 0.2) is 5.82 Å². The summed E-state index contributed by atoms with van der Waals surface area (Å²) >= 11 is 0. The Morgan fingerprint density at radius 1 is 0.879 bits per heavy atom. The Labute approximate surface area is 189 Å². The van der Waals surface area contributed by atoms with Gasteiger partial charge in [-0.3, -0.25) is 27.9 Å². The summed E-state index contributed by atoms with van der Waals surface area (Å²) < 4.78 is 5.14. The highest BCUT2D eigenvalue weighted by Crippen LogP contribution is 2.32. The van der Waals surface area contributed by atoms with Crippen LogP contribution in [-0.4, -0.2) is 44.7 Å². The van der Waals surface area contributed by atoms with Crippen molar-refractivity contribution >= 4 is 29.2 Å². The SMILES string of the molecule is CN1CC=Nc2c1c(=O)n(C(C)(C)CC(C)(C)n1c(=O)c3c(n(C)c1=O)NCN3)c(=O)n2C. The van der Waals surface area contributed by atoms with Crippen LogP contribution in [0.1, 0.15) is 34.1 Å². The Bertz CT molecular complexity index is 1420. The predicted octanol–water partition coefficient (Wildman–Crippen LogP) is -0.0851. The molecule has 12 heteroatoms. The lowest BCUT2D eigenvalue weighted by molar-refractivity contribution is 0.179. The Balaban J connectivity index is 1.88. The maximum Gasteiger partial charge on any atom is 0.332 e.